The molecule has 3 rings (SSSR count). The van der Waals surface area contributed by atoms with Crippen molar-refractivity contribution in [1.82, 2.24) is 0 Å². The Morgan fingerprint density at radius 2 is 1.50 bits per heavy atom. The Balaban J connectivity index is 1.64. The molecule has 2 aromatic rings. The first-order chi connectivity index (χ1) is 11.8. The van der Waals surface area contributed by atoms with E-state index in [9.17, 15) is 0 Å². The highest BCUT2D eigenvalue weighted by molar-refractivity contribution is 5.23. The highest BCUT2D eigenvalue weighted by atomic mass is 16.7. The second-order valence-electron chi connectivity index (χ2n) is 5.72. The summed E-state index contributed by atoms with van der Waals surface area (Å²) in [4.78, 5) is 0. The minimum Gasteiger partial charge on any atom is -0.489 e. The van der Waals surface area contributed by atoms with Crippen molar-refractivity contribution >= 4 is 0 Å². The van der Waals surface area contributed by atoms with Crippen LogP contribution in [0.3, 0.4) is 0 Å². The first kappa shape index (κ1) is 16.5. The number of benzene rings is 2. The van der Waals surface area contributed by atoms with Gasteiger partial charge in [0.25, 0.3) is 0 Å². The Hall–Kier alpha value is -2.36. The summed E-state index contributed by atoms with van der Waals surface area (Å²) in [6.07, 6.45) is 6.56. The zero-order valence-corrected chi connectivity index (χ0v) is 13.9. The van der Waals surface area contributed by atoms with E-state index in [2.05, 4.69) is 0 Å². The zero-order chi connectivity index (χ0) is 16.7. The van der Waals surface area contributed by atoms with E-state index < -0.39 is 5.79 Å². The van der Waals surface area contributed by atoms with Crippen LogP contribution in [-0.2, 0) is 27.4 Å². The van der Waals surface area contributed by atoms with Crippen LogP contribution >= 0.6 is 0 Å². The predicted molar refractivity (Wildman–Crippen MR) is 94.0 cm³/mol. The lowest BCUT2D eigenvalue weighted by atomic mass is 10.1. The van der Waals surface area contributed by atoms with Crippen molar-refractivity contribution in [1.29, 1.82) is 0 Å². The van der Waals surface area contributed by atoms with Crippen LogP contribution < -0.4 is 0 Å². The lowest BCUT2D eigenvalue weighted by Gasteiger charge is -2.31. The molecule has 0 N–H and O–H groups in total. The van der Waals surface area contributed by atoms with E-state index in [0.29, 0.717) is 19.6 Å². The molecule has 1 atom stereocenters. The first-order valence-corrected chi connectivity index (χ1v) is 8.09. The average molecular weight is 322 g/mol. The number of rotatable bonds is 7. The molecule has 0 aliphatic heterocycles. The van der Waals surface area contributed by atoms with Gasteiger partial charge in [-0.2, -0.15) is 0 Å². The van der Waals surface area contributed by atoms with E-state index in [-0.39, 0.29) is 0 Å². The number of methoxy groups -OCH3 is 1. The third-order valence-electron chi connectivity index (χ3n) is 3.97. The largest absolute Gasteiger partial charge is 0.489 e. The van der Waals surface area contributed by atoms with Gasteiger partial charge in [0.2, 0.25) is 0 Å². The summed E-state index contributed by atoms with van der Waals surface area (Å²) in [5, 5.41) is 0. The molecule has 0 spiro atoms. The van der Waals surface area contributed by atoms with Crippen molar-refractivity contribution in [3.05, 3.63) is 95.8 Å². The molecule has 124 valence electrons. The van der Waals surface area contributed by atoms with Gasteiger partial charge in [0.05, 0.1) is 6.61 Å². The monoisotopic (exact) mass is 322 g/mol. The minimum absolute atomic E-state index is 0.491. The topological polar surface area (TPSA) is 27.7 Å². The number of allylic oxidation sites excluding steroid dienone is 1. The number of ether oxygens (including phenoxy) is 3. The maximum absolute atomic E-state index is 6.06. The summed E-state index contributed by atoms with van der Waals surface area (Å²) < 4.78 is 17.6. The van der Waals surface area contributed by atoms with Crippen LogP contribution in [0.4, 0.5) is 0 Å². The van der Waals surface area contributed by atoms with Crippen molar-refractivity contribution in [3.8, 4) is 0 Å². The minimum atomic E-state index is -0.781. The molecule has 1 aliphatic rings. The summed E-state index contributed by atoms with van der Waals surface area (Å²) in [6.45, 7) is 1.01. The summed E-state index contributed by atoms with van der Waals surface area (Å²) in [7, 11) is 1.66. The van der Waals surface area contributed by atoms with Gasteiger partial charge in [-0.25, -0.2) is 0 Å². The summed E-state index contributed by atoms with van der Waals surface area (Å²) >= 11 is 0. The van der Waals surface area contributed by atoms with Gasteiger partial charge in [-0.1, -0.05) is 66.7 Å². The molecule has 0 saturated carbocycles. The Labute approximate surface area is 143 Å². The van der Waals surface area contributed by atoms with E-state index >= 15 is 0 Å². The SMILES string of the molecule is COC1(OCc2ccccc2)C=C(OCc2ccccc2)C=CC1. The smallest absolute Gasteiger partial charge is 0.195 e. The molecule has 1 aliphatic carbocycles. The Morgan fingerprint density at radius 3 is 2.12 bits per heavy atom. The lowest BCUT2D eigenvalue weighted by molar-refractivity contribution is -0.195. The van der Waals surface area contributed by atoms with E-state index in [0.717, 1.165) is 16.9 Å². The van der Waals surface area contributed by atoms with Crippen molar-refractivity contribution < 1.29 is 14.2 Å². The molecular weight excluding hydrogens is 300 g/mol. The molecule has 24 heavy (non-hydrogen) atoms. The van der Waals surface area contributed by atoms with Crippen LogP contribution in [0, 0.1) is 0 Å². The Morgan fingerprint density at radius 1 is 0.875 bits per heavy atom. The fourth-order valence-electron chi connectivity index (χ4n) is 2.58. The second kappa shape index (κ2) is 7.95. The first-order valence-electron chi connectivity index (χ1n) is 8.09. The molecular formula is C21H22O3. The van der Waals surface area contributed by atoms with E-state index in [1.165, 1.54) is 0 Å². The van der Waals surface area contributed by atoms with E-state index in [1.807, 2.05) is 78.9 Å². The fraction of sp³-hybridized carbons (Fsp3) is 0.238. The highest BCUT2D eigenvalue weighted by Gasteiger charge is 2.30. The molecule has 0 amide bonds. The molecule has 0 radical (unpaired) electrons. The van der Waals surface area contributed by atoms with E-state index in [1.54, 1.807) is 7.11 Å². The molecule has 3 nitrogen and oxygen atoms in total. The van der Waals surface area contributed by atoms with Crippen LogP contribution in [0.1, 0.15) is 17.5 Å². The van der Waals surface area contributed by atoms with Gasteiger partial charge in [-0.3, -0.25) is 0 Å². The Bertz CT molecular complexity index is 692. The van der Waals surface area contributed by atoms with Crippen molar-refractivity contribution in [2.45, 2.75) is 25.4 Å². The molecule has 2 aromatic carbocycles. The molecule has 0 aromatic heterocycles. The molecule has 0 fully saturated rings. The number of hydrogen-bond donors (Lipinski definition) is 0. The maximum atomic E-state index is 6.06. The van der Waals surface area contributed by atoms with Crippen molar-refractivity contribution in [3.63, 3.8) is 0 Å². The molecule has 0 saturated heterocycles. The van der Waals surface area contributed by atoms with Crippen LogP contribution in [0.25, 0.3) is 0 Å². The average Bonchev–Trinajstić information content (AvgIpc) is 2.67. The Kier molecular flexibility index (Phi) is 5.47. The zero-order valence-electron chi connectivity index (χ0n) is 13.9. The quantitative estimate of drug-likeness (QED) is 0.697. The van der Waals surface area contributed by atoms with Crippen molar-refractivity contribution in [2.75, 3.05) is 7.11 Å². The van der Waals surface area contributed by atoms with Crippen LogP contribution in [0.15, 0.2) is 84.7 Å². The molecule has 0 heterocycles. The lowest BCUT2D eigenvalue weighted by Crippen LogP contribution is -2.33. The number of hydrogen-bond acceptors (Lipinski definition) is 3. The predicted octanol–water partition coefficient (Wildman–Crippen LogP) is 4.61. The van der Waals surface area contributed by atoms with Crippen LogP contribution in [-0.4, -0.2) is 12.9 Å². The van der Waals surface area contributed by atoms with Gasteiger partial charge in [-0.05, 0) is 17.2 Å². The molecule has 1 unspecified atom stereocenters. The third-order valence-corrected chi connectivity index (χ3v) is 3.97. The fourth-order valence-corrected chi connectivity index (χ4v) is 2.58. The summed E-state index contributed by atoms with van der Waals surface area (Å²) in [6, 6.07) is 20.2. The van der Waals surface area contributed by atoms with Gasteiger partial charge >= 0.3 is 0 Å². The van der Waals surface area contributed by atoms with Crippen LogP contribution in [0.2, 0.25) is 0 Å². The second-order valence-corrected chi connectivity index (χ2v) is 5.72. The molecule has 0 bridgehead atoms. The van der Waals surface area contributed by atoms with Crippen molar-refractivity contribution in [2.24, 2.45) is 0 Å². The van der Waals surface area contributed by atoms with E-state index in [4.69, 9.17) is 14.2 Å². The van der Waals surface area contributed by atoms with Gasteiger partial charge in [0.15, 0.2) is 5.79 Å². The van der Waals surface area contributed by atoms with Gasteiger partial charge in [0, 0.05) is 19.6 Å². The summed E-state index contributed by atoms with van der Waals surface area (Å²) in [5.41, 5.74) is 2.24. The highest BCUT2D eigenvalue weighted by Crippen LogP contribution is 2.28. The maximum Gasteiger partial charge on any atom is 0.195 e. The normalized spacial score (nSPS) is 19.8. The molecule has 3 heteroatoms. The van der Waals surface area contributed by atoms with Gasteiger partial charge in [-0.15, -0.1) is 0 Å². The van der Waals surface area contributed by atoms with Crippen LogP contribution in [0.5, 0.6) is 0 Å². The van der Waals surface area contributed by atoms with Gasteiger partial charge in [0.1, 0.15) is 12.4 Å². The third kappa shape index (κ3) is 4.34. The summed E-state index contributed by atoms with van der Waals surface area (Å²) in [5.74, 6) is -0.0172. The standard InChI is InChI=1S/C21H22O3/c1-22-21(24-17-19-11-6-3-7-12-19)14-8-13-20(15-21)23-16-18-9-4-2-5-10-18/h2-13,15H,14,16-17H2,1H3. The van der Waals surface area contributed by atoms with Gasteiger partial charge < -0.3 is 14.2 Å².